The van der Waals surface area contributed by atoms with Gasteiger partial charge >= 0.3 is 0 Å². The van der Waals surface area contributed by atoms with Gasteiger partial charge in [0, 0.05) is 18.3 Å². The van der Waals surface area contributed by atoms with Crippen molar-refractivity contribution in [1.82, 2.24) is 15.1 Å². The Kier molecular flexibility index (Phi) is 4.29. The maximum absolute atomic E-state index is 10.2. The molecular weight excluding hydrogens is 190 g/mol. The van der Waals surface area contributed by atoms with Crippen molar-refractivity contribution in [2.24, 2.45) is 0 Å². The molecule has 0 saturated heterocycles. The summed E-state index contributed by atoms with van der Waals surface area (Å²) in [5.41, 5.74) is 0.109. The van der Waals surface area contributed by atoms with E-state index in [1.165, 1.54) is 0 Å². The Morgan fingerprint density at radius 3 is 2.80 bits per heavy atom. The topological polar surface area (TPSA) is 50.1 Å². The van der Waals surface area contributed by atoms with Crippen LogP contribution in [-0.4, -0.2) is 28.0 Å². The van der Waals surface area contributed by atoms with Crippen LogP contribution in [0, 0.1) is 0 Å². The largest absolute Gasteiger partial charge is 0.385 e. The molecule has 86 valence electrons. The van der Waals surface area contributed by atoms with Crippen molar-refractivity contribution in [2.45, 2.75) is 39.3 Å². The van der Waals surface area contributed by atoms with Crippen LogP contribution in [0.4, 0.5) is 0 Å². The Morgan fingerprint density at radius 2 is 2.27 bits per heavy atom. The lowest BCUT2D eigenvalue weighted by Gasteiger charge is -2.21. The van der Waals surface area contributed by atoms with E-state index in [2.05, 4.69) is 17.3 Å². The Bertz CT molecular complexity index is 294. The molecule has 4 heteroatoms. The molecule has 0 spiro atoms. The van der Waals surface area contributed by atoms with Gasteiger partial charge in [0.1, 0.15) is 0 Å². The number of hydrogen-bond donors (Lipinski definition) is 2. The minimum absolute atomic E-state index is 0.705. The van der Waals surface area contributed by atoms with E-state index < -0.39 is 5.60 Å². The molecule has 15 heavy (non-hydrogen) atoms. The summed E-state index contributed by atoms with van der Waals surface area (Å²) in [4.78, 5) is 0. The number of aryl methyl sites for hydroxylation is 1. The minimum atomic E-state index is -0.782. The lowest BCUT2D eigenvalue weighted by Crippen LogP contribution is -2.27. The predicted octanol–water partition coefficient (Wildman–Crippen LogP) is 1.11. The SMILES string of the molecule is CCNCCC(C)(O)c1cnn(CC)c1. The van der Waals surface area contributed by atoms with Gasteiger partial charge in [0.2, 0.25) is 0 Å². The van der Waals surface area contributed by atoms with Gasteiger partial charge in [-0.2, -0.15) is 5.10 Å². The monoisotopic (exact) mass is 211 g/mol. The van der Waals surface area contributed by atoms with E-state index in [1.54, 1.807) is 6.20 Å². The molecular formula is C11H21N3O. The summed E-state index contributed by atoms with van der Waals surface area (Å²) in [5.74, 6) is 0. The van der Waals surface area contributed by atoms with Gasteiger partial charge in [-0.3, -0.25) is 4.68 Å². The summed E-state index contributed by atoms with van der Waals surface area (Å²) in [6, 6.07) is 0. The first-order valence-corrected chi connectivity index (χ1v) is 5.56. The molecule has 0 aliphatic heterocycles. The van der Waals surface area contributed by atoms with Crippen molar-refractivity contribution in [3.8, 4) is 0 Å². The van der Waals surface area contributed by atoms with Crippen molar-refractivity contribution in [1.29, 1.82) is 0 Å². The highest BCUT2D eigenvalue weighted by Gasteiger charge is 2.23. The summed E-state index contributed by atoms with van der Waals surface area (Å²) in [5, 5.41) is 17.6. The molecule has 0 amide bonds. The third kappa shape index (κ3) is 3.32. The van der Waals surface area contributed by atoms with Crippen molar-refractivity contribution in [2.75, 3.05) is 13.1 Å². The molecule has 1 rings (SSSR count). The highest BCUT2D eigenvalue weighted by atomic mass is 16.3. The zero-order valence-corrected chi connectivity index (χ0v) is 9.82. The van der Waals surface area contributed by atoms with Gasteiger partial charge in [-0.25, -0.2) is 0 Å². The lowest BCUT2D eigenvalue weighted by atomic mass is 9.95. The van der Waals surface area contributed by atoms with Gasteiger partial charge in [-0.05, 0) is 33.4 Å². The third-order valence-electron chi connectivity index (χ3n) is 2.62. The molecule has 0 aromatic carbocycles. The minimum Gasteiger partial charge on any atom is -0.385 e. The van der Waals surface area contributed by atoms with Gasteiger partial charge in [0.05, 0.1) is 11.8 Å². The van der Waals surface area contributed by atoms with E-state index in [1.807, 2.05) is 24.7 Å². The molecule has 1 aromatic heterocycles. The van der Waals surface area contributed by atoms with Gasteiger partial charge in [0.25, 0.3) is 0 Å². The van der Waals surface area contributed by atoms with E-state index >= 15 is 0 Å². The van der Waals surface area contributed by atoms with Gasteiger partial charge < -0.3 is 10.4 Å². The van der Waals surface area contributed by atoms with Crippen LogP contribution in [0.15, 0.2) is 12.4 Å². The lowest BCUT2D eigenvalue weighted by molar-refractivity contribution is 0.0481. The summed E-state index contributed by atoms with van der Waals surface area (Å²) >= 11 is 0. The maximum Gasteiger partial charge on any atom is 0.0910 e. The van der Waals surface area contributed by atoms with Crippen LogP contribution in [0.3, 0.4) is 0 Å². The second-order valence-corrected chi connectivity index (χ2v) is 3.96. The summed E-state index contributed by atoms with van der Waals surface area (Å²) in [6.45, 7) is 8.52. The number of hydrogen-bond acceptors (Lipinski definition) is 3. The smallest absolute Gasteiger partial charge is 0.0910 e. The highest BCUT2D eigenvalue weighted by Crippen LogP contribution is 2.23. The summed E-state index contributed by atoms with van der Waals surface area (Å²) in [6.07, 6.45) is 4.36. The fraction of sp³-hybridized carbons (Fsp3) is 0.727. The molecule has 0 fully saturated rings. The molecule has 0 saturated carbocycles. The van der Waals surface area contributed by atoms with Crippen LogP contribution in [0.25, 0.3) is 0 Å². The first kappa shape index (κ1) is 12.2. The second-order valence-electron chi connectivity index (χ2n) is 3.96. The van der Waals surface area contributed by atoms with Crippen molar-refractivity contribution in [3.05, 3.63) is 18.0 Å². The second kappa shape index (κ2) is 5.28. The Hall–Kier alpha value is -0.870. The molecule has 1 aromatic rings. The zero-order chi connectivity index (χ0) is 11.3. The number of nitrogens with zero attached hydrogens (tertiary/aromatic N) is 2. The number of nitrogens with one attached hydrogen (secondary N) is 1. The molecule has 1 heterocycles. The third-order valence-corrected chi connectivity index (χ3v) is 2.62. The molecule has 0 aliphatic rings. The quantitative estimate of drug-likeness (QED) is 0.693. The van der Waals surface area contributed by atoms with Crippen LogP contribution < -0.4 is 5.32 Å². The van der Waals surface area contributed by atoms with Crippen molar-refractivity contribution >= 4 is 0 Å². The van der Waals surface area contributed by atoms with Crippen LogP contribution in [0.5, 0.6) is 0 Å². The molecule has 0 aliphatic carbocycles. The molecule has 2 N–H and O–H groups in total. The Balaban J connectivity index is 2.59. The fourth-order valence-electron chi connectivity index (χ4n) is 1.47. The molecule has 1 atom stereocenters. The Morgan fingerprint density at radius 1 is 1.53 bits per heavy atom. The van der Waals surface area contributed by atoms with Crippen LogP contribution in [-0.2, 0) is 12.1 Å². The van der Waals surface area contributed by atoms with E-state index in [-0.39, 0.29) is 0 Å². The first-order valence-electron chi connectivity index (χ1n) is 5.56. The normalized spacial score (nSPS) is 15.2. The summed E-state index contributed by atoms with van der Waals surface area (Å²) < 4.78 is 1.83. The fourth-order valence-corrected chi connectivity index (χ4v) is 1.47. The van der Waals surface area contributed by atoms with Crippen LogP contribution in [0.2, 0.25) is 0 Å². The zero-order valence-electron chi connectivity index (χ0n) is 9.82. The van der Waals surface area contributed by atoms with Gasteiger partial charge in [-0.1, -0.05) is 6.92 Å². The van der Waals surface area contributed by atoms with Gasteiger partial charge in [0.15, 0.2) is 0 Å². The van der Waals surface area contributed by atoms with Crippen molar-refractivity contribution < 1.29 is 5.11 Å². The number of rotatable bonds is 6. The van der Waals surface area contributed by atoms with Crippen molar-refractivity contribution in [3.63, 3.8) is 0 Å². The van der Waals surface area contributed by atoms with E-state index in [9.17, 15) is 5.11 Å². The average molecular weight is 211 g/mol. The predicted molar refractivity (Wildman–Crippen MR) is 60.6 cm³/mol. The molecule has 0 bridgehead atoms. The van der Waals surface area contributed by atoms with E-state index in [0.29, 0.717) is 6.42 Å². The molecule has 1 unspecified atom stereocenters. The van der Waals surface area contributed by atoms with E-state index in [0.717, 1.165) is 25.2 Å². The summed E-state index contributed by atoms with van der Waals surface area (Å²) in [7, 11) is 0. The van der Waals surface area contributed by atoms with E-state index in [4.69, 9.17) is 0 Å². The highest BCUT2D eigenvalue weighted by molar-refractivity contribution is 5.13. The standard InChI is InChI=1S/C11H21N3O/c1-4-12-7-6-11(3,15)10-8-13-14(5-2)9-10/h8-9,12,15H,4-7H2,1-3H3. The maximum atomic E-state index is 10.2. The van der Waals surface area contributed by atoms with Crippen LogP contribution in [0.1, 0.15) is 32.8 Å². The number of aliphatic hydroxyl groups is 1. The molecule has 0 radical (unpaired) electrons. The van der Waals surface area contributed by atoms with Gasteiger partial charge in [-0.15, -0.1) is 0 Å². The van der Waals surface area contributed by atoms with Crippen LogP contribution >= 0.6 is 0 Å². The average Bonchev–Trinajstić information content (AvgIpc) is 2.66. The Labute approximate surface area is 91.3 Å². The number of aromatic nitrogens is 2. The first-order chi connectivity index (χ1) is 7.10. The molecule has 4 nitrogen and oxygen atoms in total.